The molecule has 2 rings (SSSR count). The average Bonchev–Trinajstić information content (AvgIpc) is 2.76. The lowest BCUT2D eigenvalue weighted by molar-refractivity contribution is 0.0760. The molecule has 1 amide bonds. The van der Waals surface area contributed by atoms with Gasteiger partial charge in [0.15, 0.2) is 0 Å². The average molecular weight is 237 g/mol. The van der Waals surface area contributed by atoms with Crippen molar-refractivity contribution in [3.05, 3.63) is 27.7 Å². The standard InChI is InChI=1S/C11H15N3OS/c1-8-3-2-4-14(6-8)11(15)9-7-16-10(5-12)13-9/h3,7H,2,4-6,12H2,1H3. The highest BCUT2D eigenvalue weighted by molar-refractivity contribution is 7.09. The third-order valence-electron chi connectivity index (χ3n) is 2.56. The molecular weight excluding hydrogens is 222 g/mol. The van der Waals surface area contributed by atoms with Crippen LogP contribution in [0.1, 0.15) is 28.8 Å². The number of thiazole rings is 1. The Balaban J connectivity index is 2.10. The Morgan fingerprint density at radius 3 is 3.12 bits per heavy atom. The van der Waals surface area contributed by atoms with Gasteiger partial charge in [-0.3, -0.25) is 4.79 Å². The van der Waals surface area contributed by atoms with E-state index in [0.717, 1.165) is 18.0 Å². The maximum Gasteiger partial charge on any atom is 0.273 e. The van der Waals surface area contributed by atoms with Crippen molar-refractivity contribution < 1.29 is 4.79 Å². The fourth-order valence-corrected chi connectivity index (χ4v) is 2.40. The van der Waals surface area contributed by atoms with Crippen LogP contribution in [0.5, 0.6) is 0 Å². The molecule has 16 heavy (non-hydrogen) atoms. The number of nitrogens with zero attached hydrogens (tertiary/aromatic N) is 2. The summed E-state index contributed by atoms with van der Waals surface area (Å²) in [6.45, 7) is 3.95. The molecule has 0 aromatic carbocycles. The Kier molecular flexibility index (Phi) is 3.36. The minimum Gasteiger partial charge on any atom is -0.333 e. The first-order valence-corrected chi connectivity index (χ1v) is 6.18. The molecule has 4 nitrogen and oxygen atoms in total. The summed E-state index contributed by atoms with van der Waals surface area (Å²) >= 11 is 1.44. The third kappa shape index (κ3) is 2.31. The van der Waals surface area contributed by atoms with Gasteiger partial charge in [-0.1, -0.05) is 11.6 Å². The molecule has 0 saturated heterocycles. The molecule has 1 aromatic heterocycles. The Labute approximate surface area is 98.8 Å². The topological polar surface area (TPSA) is 59.2 Å². The summed E-state index contributed by atoms with van der Waals surface area (Å²) in [6, 6.07) is 0. The molecule has 1 aromatic rings. The molecule has 1 aliphatic heterocycles. The normalized spacial score (nSPS) is 16.1. The first kappa shape index (κ1) is 11.3. The van der Waals surface area contributed by atoms with Gasteiger partial charge in [-0.05, 0) is 13.3 Å². The van der Waals surface area contributed by atoms with Gasteiger partial charge in [0.1, 0.15) is 10.7 Å². The van der Waals surface area contributed by atoms with Gasteiger partial charge < -0.3 is 10.6 Å². The molecule has 0 unspecified atom stereocenters. The van der Waals surface area contributed by atoms with Crippen molar-refractivity contribution >= 4 is 17.2 Å². The first-order chi connectivity index (χ1) is 7.70. The van der Waals surface area contributed by atoms with Crippen LogP contribution in [-0.2, 0) is 6.54 Å². The molecule has 0 saturated carbocycles. The van der Waals surface area contributed by atoms with Crippen LogP contribution in [-0.4, -0.2) is 28.9 Å². The molecule has 0 bridgehead atoms. The van der Waals surface area contributed by atoms with Gasteiger partial charge >= 0.3 is 0 Å². The Morgan fingerprint density at radius 2 is 2.50 bits per heavy atom. The van der Waals surface area contributed by atoms with E-state index >= 15 is 0 Å². The number of rotatable bonds is 2. The van der Waals surface area contributed by atoms with Crippen molar-refractivity contribution in [3.63, 3.8) is 0 Å². The number of hydrogen-bond donors (Lipinski definition) is 1. The zero-order valence-corrected chi connectivity index (χ0v) is 10.1. The summed E-state index contributed by atoms with van der Waals surface area (Å²) in [7, 11) is 0. The summed E-state index contributed by atoms with van der Waals surface area (Å²) in [5.41, 5.74) is 7.25. The molecule has 86 valence electrons. The lowest BCUT2D eigenvalue weighted by Gasteiger charge is -2.25. The van der Waals surface area contributed by atoms with Gasteiger partial charge in [0.05, 0.1) is 0 Å². The second-order valence-corrected chi connectivity index (χ2v) is 4.84. The fourth-order valence-electron chi connectivity index (χ4n) is 1.75. The summed E-state index contributed by atoms with van der Waals surface area (Å²) in [4.78, 5) is 18.1. The number of aromatic nitrogens is 1. The van der Waals surface area contributed by atoms with E-state index in [2.05, 4.69) is 11.1 Å². The van der Waals surface area contributed by atoms with E-state index in [1.54, 1.807) is 5.38 Å². The monoisotopic (exact) mass is 237 g/mol. The number of carbonyl (C=O) groups is 1. The van der Waals surface area contributed by atoms with E-state index in [-0.39, 0.29) is 5.91 Å². The number of carbonyl (C=O) groups excluding carboxylic acids is 1. The first-order valence-electron chi connectivity index (χ1n) is 5.30. The lowest BCUT2D eigenvalue weighted by Crippen LogP contribution is -2.35. The zero-order valence-electron chi connectivity index (χ0n) is 9.27. The molecule has 0 atom stereocenters. The molecule has 2 N–H and O–H groups in total. The van der Waals surface area contributed by atoms with Crippen LogP contribution in [0.15, 0.2) is 17.0 Å². The SMILES string of the molecule is CC1=CCCN(C(=O)c2csc(CN)n2)C1. The second-order valence-electron chi connectivity index (χ2n) is 3.90. The van der Waals surface area contributed by atoms with Gasteiger partial charge in [-0.15, -0.1) is 11.3 Å². The Hall–Kier alpha value is -1.20. The van der Waals surface area contributed by atoms with Crippen molar-refractivity contribution in [2.75, 3.05) is 13.1 Å². The van der Waals surface area contributed by atoms with Crippen LogP contribution < -0.4 is 5.73 Å². The zero-order chi connectivity index (χ0) is 11.5. The van der Waals surface area contributed by atoms with Crippen molar-refractivity contribution in [2.45, 2.75) is 19.9 Å². The second kappa shape index (κ2) is 4.76. The van der Waals surface area contributed by atoms with Crippen LogP contribution in [0.2, 0.25) is 0 Å². The smallest absolute Gasteiger partial charge is 0.273 e. The van der Waals surface area contributed by atoms with Gasteiger partial charge in [0, 0.05) is 25.0 Å². The Bertz CT molecular complexity index is 425. The summed E-state index contributed by atoms with van der Waals surface area (Å²) in [5.74, 6) is 0.0170. The van der Waals surface area contributed by atoms with Gasteiger partial charge in [0.25, 0.3) is 5.91 Å². The van der Waals surface area contributed by atoms with Crippen LogP contribution in [0.4, 0.5) is 0 Å². The highest BCUT2D eigenvalue weighted by Crippen LogP contribution is 2.15. The summed E-state index contributed by atoms with van der Waals surface area (Å²) in [6.07, 6.45) is 3.11. The summed E-state index contributed by atoms with van der Waals surface area (Å²) in [5, 5.41) is 2.60. The minimum absolute atomic E-state index is 0.0170. The number of amides is 1. The van der Waals surface area contributed by atoms with Gasteiger partial charge in [-0.2, -0.15) is 0 Å². The molecule has 0 spiro atoms. The van der Waals surface area contributed by atoms with Crippen LogP contribution in [0, 0.1) is 0 Å². The van der Waals surface area contributed by atoms with Crippen molar-refractivity contribution in [2.24, 2.45) is 5.73 Å². The minimum atomic E-state index is 0.0170. The number of nitrogens with two attached hydrogens (primary N) is 1. The van der Waals surface area contributed by atoms with E-state index in [1.807, 2.05) is 11.8 Å². The molecule has 0 fully saturated rings. The molecule has 0 radical (unpaired) electrons. The molecular formula is C11H15N3OS. The third-order valence-corrected chi connectivity index (χ3v) is 3.44. The van der Waals surface area contributed by atoms with Crippen LogP contribution >= 0.6 is 11.3 Å². The van der Waals surface area contributed by atoms with Crippen LogP contribution in [0.3, 0.4) is 0 Å². The van der Waals surface area contributed by atoms with E-state index in [0.29, 0.717) is 18.8 Å². The Morgan fingerprint density at radius 1 is 1.69 bits per heavy atom. The highest BCUT2D eigenvalue weighted by atomic mass is 32.1. The predicted octanol–water partition coefficient (Wildman–Crippen LogP) is 1.39. The lowest BCUT2D eigenvalue weighted by atomic mass is 10.1. The van der Waals surface area contributed by atoms with Gasteiger partial charge in [0.2, 0.25) is 0 Å². The van der Waals surface area contributed by atoms with E-state index in [1.165, 1.54) is 16.9 Å². The molecule has 5 heteroatoms. The van der Waals surface area contributed by atoms with E-state index < -0.39 is 0 Å². The van der Waals surface area contributed by atoms with Gasteiger partial charge in [-0.25, -0.2) is 4.98 Å². The largest absolute Gasteiger partial charge is 0.333 e. The molecule has 0 aliphatic carbocycles. The van der Waals surface area contributed by atoms with Crippen LogP contribution in [0.25, 0.3) is 0 Å². The maximum absolute atomic E-state index is 12.1. The number of hydrogen-bond acceptors (Lipinski definition) is 4. The van der Waals surface area contributed by atoms with E-state index in [9.17, 15) is 4.79 Å². The summed E-state index contributed by atoms with van der Waals surface area (Å²) < 4.78 is 0. The highest BCUT2D eigenvalue weighted by Gasteiger charge is 2.20. The van der Waals surface area contributed by atoms with Crippen molar-refractivity contribution in [1.82, 2.24) is 9.88 Å². The molecule has 2 heterocycles. The maximum atomic E-state index is 12.1. The quantitative estimate of drug-likeness (QED) is 0.791. The van der Waals surface area contributed by atoms with Crippen molar-refractivity contribution in [1.29, 1.82) is 0 Å². The van der Waals surface area contributed by atoms with Crippen molar-refractivity contribution in [3.8, 4) is 0 Å². The predicted molar refractivity (Wildman–Crippen MR) is 64.3 cm³/mol. The molecule has 1 aliphatic rings. The fraction of sp³-hybridized carbons (Fsp3) is 0.455. The van der Waals surface area contributed by atoms with E-state index in [4.69, 9.17) is 5.73 Å².